The van der Waals surface area contributed by atoms with Crippen molar-refractivity contribution in [2.75, 3.05) is 16.1 Å². The molecule has 9 heteroatoms. The topological polar surface area (TPSA) is 117 Å². The molecule has 0 aliphatic heterocycles. The van der Waals surface area contributed by atoms with Crippen molar-refractivity contribution in [3.63, 3.8) is 0 Å². The highest BCUT2D eigenvalue weighted by atomic mass is 16.3. The lowest BCUT2D eigenvalue weighted by molar-refractivity contribution is 0.0935. The third-order valence-electron chi connectivity index (χ3n) is 5.99. The van der Waals surface area contributed by atoms with Crippen LogP contribution in [0.5, 0.6) is 0 Å². The van der Waals surface area contributed by atoms with Crippen LogP contribution in [-0.4, -0.2) is 32.9 Å². The quantitative estimate of drug-likeness (QED) is 0.418. The molecule has 5 rings (SSSR count). The molecule has 0 saturated heterocycles. The Kier molecular flexibility index (Phi) is 5.87. The minimum atomic E-state index is -0.405. The number of carbonyl (C=O) groups excluding carboxylic acids is 1. The molecular weight excluding hydrogens is 406 g/mol. The zero-order chi connectivity index (χ0) is 21.8. The summed E-state index contributed by atoms with van der Waals surface area (Å²) in [7, 11) is 0. The maximum Gasteiger partial charge on any atom is 0.305 e. The lowest BCUT2D eigenvalue weighted by Gasteiger charge is -2.23. The molecule has 1 aromatic carbocycles. The van der Waals surface area contributed by atoms with Gasteiger partial charge in [-0.15, -0.1) is 0 Å². The van der Waals surface area contributed by atoms with E-state index in [0.29, 0.717) is 17.9 Å². The van der Waals surface area contributed by atoms with Gasteiger partial charge in [-0.05, 0) is 48.9 Å². The Morgan fingerprint density at radius 3 is 2.12 bits per heavy atom. The first-order chi connectivity index (χ1) is 15.7. The molecule has 0 spiro atoms. The average Bonchev–Trinajstić information content (AvgIpc) is 3.48. The van der Waals surface area contributed by atoms with Crippen molar-refractivity contribution in [1.82, 2.24) is 20.4 Å². The van der Waals surface area contributed by atoms with Gasteiger partial charge in [0.05, 0.1) is 6.26 Å². The number of anilines is 3. The van der Waals surface area contributed by atoms with Crippen LogP contribution in [0.4, 0.5) is 17.8 Å². The Labute approximate surface area is 186 Å². The Hall–Kier alpha value is -3.62. The minimum Gasteiger partial charge on any atom is -0.459 e. The SMILES string of the molecule is O=C(NNc1nc(NC2CCCCC2)nc(NC2Cc3ccccc3C2)n1)c1ccco1. The van der Waals surface area contributed by atoms with Crippen molar-refractivity contribution < 1.29 is 9.21 Å². The number of nitrogens with zero attached hydrogens (tertiary/aromatic N) is 3. The predicted molar refractivity (Wildman–Crippen MR) is 121 cm³/mol. The monoisotopic (exact) mass is 433 g/mol. The summed E-state index contributed by atoms with van der Waals surface area (Å²) in [5.74, 6) is 1.04. The summed E-state index contributed by atoms with van der Waals surface area (Å²) >= 11 is 0. The fourth-order valence-electron chi connectivity index (χ4n) is 4.42. The van der Waals surface area contributed by atoms with Gasteiger partial charge in [0.1, 0.15) is 0 Å². The number of amides is 1. The molecule has 0 radical (unpaired) electrons. The summed E-state index contributed by atoms with van der Waals surface area (Å²) in [5, 5.41) is 6.89. The number of carbonyl (C=O) groups is 1. The van der Waals surface area contributed by atoms with E-state index in [-0.39, 0.29) is 17.8 Å². The molecule has 3 aromatic rings. The zero-order valence-corrected chi connectivity index (χ0v) is 17.8. The van der Waals surface area contributed by atoms with Crippen molar-refractivity contribution in [3.05, 3.63) is 59.5 Å². The number of furan rings is 1. The van der Waals surface area contributed by atoms with Crippen LogP contribution in [0.15, 0.2) is 47.1 Å². The van der Waals surface area contributed by atoms with E-state index in [4.69, 9.17) is 4.42 Å². The predicted octanol–water partition coefficient (Wildman–Crippen LogP) is 3.55. The van der Waals surface area contributed by atoms with Crippen LogP contribution >= 0.6 is 0 Å². The number of rotatable bonds is 7. The number of benzene rings is 1. The van der Waals surface area contributed by atoms with Crippen LogP contribution in [0.2, 0.25) is 0 Å². The van der Waals surface area contributed by atoms with Crippen LogP contribution in [-0.2, 0) is 12.8 Å². The van der Waals surface area contributed by atoms with Crippen molar-refractivity contribution in [2.24, 2.45) is 0 Å². The molecule has 1 fully saturated rings. The third-order valence-corrected chi connectivity index (χ3v) is 5.99. The highest BCUT2D eigenvalue weighted by Gasteiger charge is 2.23. The Morgan fingerprint density at radius 1 is 0.812 bits per heavy atom. The number of hydrazine groups is 1. The Morgan fingerprint density at radius 2 is 1.47 bits per heavy atom. The van der Waals surface area contributed by atoms with Crippen molar-refractivity contribution in [3.8, 4) is 0 Å². The van der Waals surface area contributed by atoms with Crippen LogP contribution < -0.4 is 21.5 Å². The van der Waals surface area contributed by atoms with Crippen LogP contribution in [0.3, 0.4) is 0 Å². The molecule has 9 nitrogen and oxygen atoms in total. The number of fused-ring (bicyclic) bond motifs is 1. The fraction of sp³-hybridized carbons (Fsp3) is 0.391. The Bertz CT molecular complexity index is 1040. The summed E-state index contributed by atoms with van der Waals surface area (Å²) in [5.41, 5.74) is 8.07. The van der Waals surface area contributed by atoms with Crippen molar-refractivity contribution >= 4 is 23.8 Å². The number of aromatic nitrogens is 3. The first-order valence-corrected chi connectivity index (χ1v) is 11.2. The van der Waals surface area contributed by atoms with Gasteiger partial charge in [-0.1, -0.05) is 43.5 Å². The van der Waals surface area contributed by atoms with Crippen LogP contribution in [0.1, 0.15) is 53.8 Å². The highest BCUT2D eigenvalue weighted by Crippen LogP contribution is 2.25. The fourth-order valence-corrected chi connectivity index (χ4v) is 4.42. The molecule has 166 valence electrons. The van der Waals surface area contributed by atoms with Gasteiger partial charge in [-0.25, -0.2) is 0 Å². The van der Waals surface area contributed by atoms with Gasteiger partial charge in [0.15, 0.2) is 5.76 Å². The Balaban J connectivity index is 1.31. The number of hydrogen-bond donors (Lipinski definition) is 4. The molecule has 4 N–H and O–H groups in total. The standard InChI is InChI=1S/C23H27N7O2/c31-20(19-11-6-12-32-19)29-30-23-27-21(24-17-9-2-1-3-10-17)26-22(28-23)25-18-13-15-7-4-5-8-16(15)14-18/h4-8,11-12,17-18H,1-3,9-10,13-14H2,(H,29,31)(H3,24,25,26,27,28,30). The van der Waals surface area contributed by atoms with E-state index in [2.05, 4.69) is 60.7 Å². The van der Waals surface area contributed by atoms with E-state index in [1.54, 1.807) is 12.1 Å². The third kappa shape index (κ3) is 4.82. The molecule has 1 saturated carbocycles. The summed E-state index contributed by atoms with van der Waals surface area (Å²) in [6, 6.07) is 12.3. The largest absolute Gasteiger partial charge is 0.459 e. The van der Waals surface area contributed by atoms with Gasteiger partial charge in [0.2, 0.25) is 17.8 Å². The zero-order valence-electron chi connectivity index (χ0n) is 17.8. The molecule has 2 aliphatic carbocycles. The second-order valence-electron chi connectivity index (χ2n) is 8.36. The van der Waals surface area contributed by atoms with Gasteiger partial charge < -0.3 is 15.1 Å². The van der Waals surface area contributed by atoms with Gasteiger partial charge in [0, 0.05) is 12.1 Å². The van der Waals surface area contributed by atoms with Gasteiger partial charge in [0.25, 0.3) is 0 Å². The van der Waals surface area contributed by atoms with E-state index >= 15 is 0 Å². The molecule has 2 aromatic heterocycles. The van der Waals surface area contributed by atoms with Crippen molar-refractivity contribution in [2.45, 2.75) is 57.0 Å². The van der Waals surface area contributed by atoms with Crippen molar-refractivity contribution in [1.29, 1.82) is 0 Å². The molecule has 2 heterocycles. The van der Waals surface area contributed by atoms with Gasteiger partial charge in [-0.3, -0.25) is 15.6 Å². The van der Waals surface area contributed by atoms with E-state index < -0.39 is 5.91 Å². The second kappa shape index (κ2) is 9.25. The van der Waals surface area contributed by atoms with E-state index in [1.165, 1.54) is 36.7 Å². The summed E-state index contributed by atoms with van der Waals surface area (Å²) in [6.45, 7) is 0. The van der Waals surface area contributed by atoms with E-state index in [1.807, 2.05) is 0 Å². The van der Waals surface area contributed by atoms with E-state index in [0.717, 1.165) is 25.7 Å². The minimum absolute atomic E-state index is 0.203. The van der Waals surface area contributed by atoms with Crippen LogP contribution in [0.25, 0.3) is 0 Å². The lowest BCUT2D eigenvalue weighted by atomic mass is 9.96. The maximum absolute atomic E-state index is 12.2. The number of hydrogen-bond acceptors (Lipinski definition) is 8. The molecular formula is C23H27N7O2. The first-order valence-electron chi connectivity index (χ1n) is 11.2. The maximum atomic E-state index is 12.2. The van der Waals surface area contributed by atoms with Crippen LogP contribution in [0, 0.1) is 0 Å². The summed E-state index contributed by atoms with van der Waals surface area (Å²) in [4.78, 5) is 25.8. The molecule has 32 heavy (non-hydrogen) atoms. The summed E-state index contributed by atoms with van der Waals surface area (Å²) in [6.07, 6.45) is 9.18. The molecule has 0 atom stereocenters. The van der Waals surface area contributed by atoms with E-state index in [9.17, 15) is 4.79 Å². The molecule has 0 unspecified atom stereocenters. The van der Waals surface area contributed by atoms with Gasteiger partial charge in [-0.2, -0.15) is 15.0 Å². The normalized spacial score (nSPS) is 16.4. The molecule has 2 aliphatic rings. The number of nitrogens with one attached hydrogen (secondary N) is 4. The summed E-state index contributed by atoms with van der Waals surface area (Å²) < 4.78 is 5.12. The lowest BCUT2D eigenvalue weighted by Crippen LogP contribution is -2.31. The first kappa shape index (κ1) is 20.3. The smallest absolute Gasteiger partial charge is 0.305 e. The molecule has 0 bridgehead atoms. The molecule has 1 amide bonds. The average molecular weight is 434 g/mol. The highest BCUT2D eigenvalue weighted by molar-refractivity contribution is 5.91. The van der Waals surface area contributed by atoms with Gasteiger partial charge >= 0.3 is 5.91 Å². The second-order valence-corrected chi connectivity index (χ2v) is 8.36.